The fraction of sp³-hybridized carbons (Fsp3) is 0.467. The zero-order valence-corrected chi connectivity index (χ0v) is 11.4. The topological polar surface area (TPSA) is 37.8 Å². The van der Waals surface area contributed by atoms with Crippen molar-refractivity contribution in [3.05, 3.63) is 36.2 Å². The van der Waals surface area contributed by atoms with Crippen molar-refractivity contribution in [2.75, 3.05) is 0 Å². The lowest BCUT2D eigenvalue weighted by atomic mass is 10.0. The van der Waals surface area contributed by atoms with Crippen LogP contribution in [-0.2, 0) is 6.54 Å². The Balaban J connectivity index is 2.07. The summed E-state index contributed by atoms with van der Waals surface area (Å²) in [6.07, 6.45) is 3.00. The standard InChI is InChI=1S/C15H21N3/c1-4-13(11(2)3)16-9-12-10-17-14-7-5-6-8-15(14)18-12/h5-8,10-11,13,16H,4,9H2,1-3H3. The number of nitrogens with one attached hydrogen (secondary N) is 1. The summed E-state index contributed by atoms with van der Waals surface area (Å²) in [5.74, 6) is 0.642. The van der Waals surface area contributed by atoms with E-state index < -0.39 is 0 Å². The SMILES string of the molecule is CCC(NCc1cnc2ccccc2n1)C(C)C. The first-order valence-corrected chi connectivity index (χ1v) is 6.64. The summed E-state index contributed by atoms with van der Waals surface area (Å²) in [5, 5.41) is 3.55. The van der Waals surface area contributed by atoms with Crippen molar-refractivity contribution < 1.29 is 0 Å². The highest BCUT2D eigenvalue weighted by Crippen LogP contribution is 2.10. The maximum atomic E-state index is 4.62. The molecule has 1 unspecified atom stereocenters. The molecule has 0 bridgehead atoms. The largest absolute Gasteiger partial charge is 0.308 e. The number of benzene rings is 1. The molecule has 1 atom stereocenters. The van der Waals surface area contributed by atoms with Gasteiger partial charge in [0.15, 0.2) is 0 Å². The van der Waals surface area contributed by atoms with Gasteiger partial charge in [0.05, 0.1) is 22.9 Å². The molecule has 0 amide bonds. The van der Waals surface area contributed by atoms with Gasteiger partial charge in [0.1, 0.15) is 0 Å². The van der Waals surface area contributed by atoms with Crippen molar-refractivity contribution in [2.24, 2.45) is 5.92 Å². The van der Waals surface area contributed by atoms with Gasteiger partial charge in [-0.1, -0.05) is 32.9 Å². The normalized spacial score (nSPS) is 13.1. The third kappa shape index (κ3) is 3.05. The van der Waals surface area contributed by atoms with Crippen molar-refractivity contribution in [3.8, 4) is 0 Å². The number of para-hydroxylation sites is 2. The minimum Gasteiger partial charge on any atom is -0.308 e. The van der Waals surface area contributed by atoms with Crippen molar-refractivity contribution in [1.29, 1.82) is 0 Å². The summed E-state index contributed by atoms with van der Waals surface area (Å²) in [4.78, 5) is 9.04. The summed E-state index contributed by atoms with van der Waals surface area (Å²) >= 11 is 0. The Bertz CT molecular complexity index is 508. The van der Waals surface area contributed by atoms with Crippen LogP contribution in [0.2, 0.25) is 0 Å². The molecule has 0 spiro atoms. The number of fused-ring (bicyclic) bond motifs is 1. The number of hydrogen-bond acceptors (Lipinski definition) is 3. The van der Waals surface area contributed by atoms with Crippen LogP contribution in [0.25, 0.3) is 11.0 Å². The predicted molar refractivity (Wildman–Crippen MR) is 75.3 cm³/mol. The smallest absolute Gasteiger partial charge is 0.0890 e. The Hall–Kier alpha value is -1.48. The first-order chi connectivity index (χ1) is 8.70. The third-order valence-electron chi connectivity index (χ3n) is 3.29. The van der Waals surface area contributed by atoms with Gasteiger partial charge in [-0.25, -0.2) is 4.98 Å². The molecule has 0 radical (unpaired) electrons. The second kappa shape index (κ2) is 5.91. The summed E-state index contributed by atoms with van der Waals surface area (Å²) in [6, 6.07) is 8.52. The van der Waals surface area contributed by atoms with Crippen LogP contribution >= 0.6 is 0 Å². The van der Waals surface area contributed by atoms with Crippen molar-refractivity contribution in [1.82, 2.24) is 15.3 Å². The Kier molecular flexibility index (Phi) is 4.26. The van der Waals surface area contributed by atoms with E-state index in [-0.39, 0.29) is 0 Å². The number of rotatable bonds is 5. The highest BCUT2D eigenvalue weighted by atomic mass is 14.9. The quantitative estimate of drug-likeness (QED) is 0.876. The van der Waals surface area contributed by atoms with E-state index in [0.717, 1.165) is 29.7 Å². The molecule has 18 heavy (non-hydrogen) atoms. The Morgan fingerprint density at radius 2 is 1.89 bits per heavy atom. The second-order valence-electron chi connectivity index (χ2n) is 4.99. The molecule has 1 aromatic carbocycles. The third-order valence-corrected chi connectivity index (χ3v) is 3.29. The summed E-state index contributed by atoms with van der Waals surface area (Å²) in [5.41, 5.74) is 2.93. The molecule has 0 fully saturated rings. The summed E-state index contributed by atoms with van der Waals surface area (Å²) in [7, 11) is 0. The lowest BCUT2D eigenvalue weighted by Gasteiger charge is -2.20. The van der Waals surface area contributed by atoms with Crippen LogP contribution in [0.3, 0.4) is 0 Å². The molecule has 3 nitrogen and oxygen atoms in total. The van der Waals surface area contributed by atoms with Gasteiger partial charge < -0.3 is 5.32 Å². The fourth-order valence-electron chi connectivity index (χ4n) is 2.17. The summed E-state index contributed by atoms with van der Waals surface area (Å²) < 4.78 is 0. The highest BCUT2D eigenvalue weighted by Gasteiger charge is 2.10. The Labute approximate surface area is 109 Å². The Morgan fingerprint density at radius 1 is 1.17 bits per heavy atom. The molecule has 0 aliphatic heterocycles. The van der Waals surface area contributed by atoms with E-state index in [4.69, 9.17) is 0 Å². The van der Waals surface area contributed by atoms with Crippen LogP contribution in [-0.4, -0.2) is 16.0 Å². The van der Waals surface area contributed by atoms with Gasteiger partial charge in [-0.15, -0.1) is 0 Å². The van der Waals surface area contributed by atoms with E-state index >= 15 is 0 Å². The van der Waals surface area contributed by atoms with Gasteiger partial charge >= 0.3 is 0 Å². The van der Waals surface area contributed by atoms with Gasteiger partial charge in [-0.2, -0.15) is 0 Å². The van der Waals surface area contributed by atoms with E-state index in [0.29, 0.717) is 12.0 Å². The van der Waals surface area contributed by atoms with E-state index in [1.807, 2.05) is 30.5 Å². The van der Waals surface area contributed by atoms with E-state index in [1.54, 1.807) is 0 Å². The number of hydrogen-bond donors (Lipinski definition) is 1. The monoisotopic (exact) mass is 243 g/mol. The highest BCUT2D eigenvalue weighted by molar-refractivity contribution is 5.73. The molecule has 96 valence electrons. The van der Waals surface area contributed by atoms with Crippen molar-refractivity contribution in [3.63, 3.8) is 0 Å². The molecule has 2 aromatic rings. The van der Waals surface area contributed by atoms with Gasteiger partial charge in [-0.05, 0) is 24.5 Å². The van der Waals surface area contributed by atoms with Crippen LogP contribution in [0.4, 0.5) is 0 Å². The van der Waals surface area contributed by atoms with Crippen molar-refractivity contribution in [2.45, 2.75) is 39.8 Å². The molecule has 0 aliphatic rings. The van der Waals surface area contributed by atoms with Crippen LogP contribution in [0.5, 0.6) is 0 Å². The van der Waals surface area contributed by atoms with Crippen LogP contribution < -0.4 is 5.32 Å². The molecule has 0 aliphatic carbocycles. The average Bonchev–Trinajstić information content (AvgIpc) is 2.39. The predicted octanol–water partition coefficient (Wildman–Crippen LogP) is 3.15. The minimum atomic E-state index is 0.540. The number of aromatic nitrogens is 2. The van der Waals surface area contributed by atoms with Gasteiger partial charge in [0.25, 0.3) is 0 Å². The van der Waals surface area contributed by atoms with Gasteiger partial charge in [0.2, 0.25) is 0 Å². The number of nitrogens with zero attached hydrogens (tertiary/aromatic N) is 2. The van der Waals surface area contributed by atoms with Crippen LogP contribution in [0, 0.1) is 5.92 Å². The van der Waals surface area contributed by atoms with E-state index in [9.17, 15) is 0 Å². The lowest BCUT2D eigenvalue weighted by Crippen LogP contribution is -2.32. The molecule has 3 heteroatoms. The van der Waals surface area contributed by atoms with E-state index in [1.165, 1.54) is 0 Å². The fourth-order valence-corrected chi connectivity index (χ4v) is 2.17. The van der Waals surface area contributed by atoms with Gasteiger partial charge in [-0.3, -0.25) is 4.98 Å². The van der Waals surface area contributed by atoms with E-state index in [2.05, 4.69) is 36.1 Å². The molecule has 1 heterocycles. The average molecular weight is 243 g/mol. The first-order valence-electron chi connectivity index (χ1n) is 6.64. The lowest BCUT2D eigenvalue weighted by molar-refractivity contribution is 0.385. The second-order valence-corrected chi connectivity index (χ2v) is 4.99. The van der Waals surface area contributed by atoms with Crippen LogP contribution in [0.1, 0.15) is 32.9 Å². The zero-order valence-electron chi connectivity index (χ0n) is 11.4. The molecular formula is C15H21N3. The molecule has 0 saturated carbocycles. The summed E-state index contributed by atoms with van der Waals surface area (Å²) in [6.45, 7) is 7.48. The van der Waals surface area contributed by atoms with Crippen LogP contribution in [0.15, 0.2) is 30.5 Å². The molecule has 1 aromatic heterocycles. The first kappa shape index (κ1) is 13.0. The molecule has 0 saturated heterocycles. The van der Waals surface area contributed by atoms with Crippen molar-refractivity contribution >= 4 is 11.0 Å². The molecule has 2 rings (SSSR count). The van der Waals surface area contributed by atoms with Gasteiger partial charge in [0, 0.05) is 12.6 Å². The molecule has 1 N–H and O–H groups in total. The minimum absolute atomic E-state index is 0.540. The maximum absolute atomic E-state index is 4.62. The molecular weight excluding hydrogens is 222 g/mol. The maximum Gasteiger partial charge on any atom is 0.0890 e. The zero-order chi connectivity index (χ0) is 13.0. The Morgan fingerprint density at radius 3 is 2.56 bits per heavy atom.